The van der Waals surface area contributed by atoms with Gasteiger partial charge >= 0.3 is 0 Å². The fourth-order valence-corrected chi connectivity index (χ4v) is 3.80. The van der Waals surface area contributed by atoms with Crippen LogP contribution in [0.15, 0.2) is 42.5 Å². The van der Waals surface area contributed by atoms with Gasteiger partial charge in [0.05, 0.1) is 22.0 Å². The first-order valence-corrected chi connectivity index (χ1v) is 11.8. The third kappa shape index (κ3) is 6.60. The van der Waals surface area contributed by atoms with Crippen molar-refractivity contribution in [2.45, 2.75) is 5.75 Å². The van der Waals surface area contributed by atoms with Gasteiger partial charge in [-0.15, -0.1) is 0 Å². The molecule has 5 nitrogen and oxygen atoms in total. The van der Waals surface area contributed by atoms with Crippen molar-refractivity contribution in [1.82, 2.24) is 5.32 Å². The SMILES string of the molecule is CN(c1ccc(C(=O)NCCSCc2ccc(Cl)c(Cl)c2)cc1)S(C)(=O)=O. The van der Waals surface area contributed by atoms with Gasteiger partial charge in [-0.3, -0.25) is 9.10 Å². The van der Waals surface area contributed by atoms with E-state index in [9.17, 15) is 13.2 Å². The number of carbonyl (C=O) groups excluding carboxylic acids is 1. The second kappa shape index (κ2) is 9.68. The molecule has 27 heavy (non-hydrogen) atoms. The lowest BCUT2D eigenvalue weighted by molar-refractivity contribution is 0.0956. The fourth-order valence-electron chi connectivity index (χ4n) is 2.17. The molecule has 0 aliphatic rings. The zero-order chi connectivity index (χ0) is 20.0. The molecule has 0 fully saturated rings. The van der Waals surface area contributed by atoms with Crippen LogP contribution in [-0.2, 0) is 15.8 Å². The van der Waals surface area contributed by atoms with E-state index in [2.05, 4.69) is 5.32 Å². The minimum atomic E-state index is -3.32. The summed E-state index contributed by atoms with van der Waals surface area (Å²) in [6, 6.07) is 12.0. The predicted octanol–water partition coefficient (Wildman–Crippen LogP) is 4.05. The Morgan fingerprint density at radius 1 is 1.11 bits per heavy atom. The van der Waals surface area contributed by atoms with Gasteiger partial charge in [0.1, 0.15) is 0 Å². The molecule has 9 heteroatoms. The van der Waals surface area contributed by atoms with Gasteiger partial charge in [0.25, 0.3) is 5.91 Å². The molecule has 0 heterocycles. The number of anilines is 1. The van der Waals surface area contributed by atoms with E-state index in [4.69, 9.17) is 23.2 Å². The van der Waals surface area contributed by atoms with Gasteiger partial charge in [0.15, 0.2) is 0 Å². The number of nitrogens with zero attached hydrogens (tertiary/aromatic N) is 1. The number of rotatable bonds is 8. The molecule has 2 aromatic carbocycles. The van der Waals surface area contributed by atoms with Crippen molar-refractivity contribution >= 4 is 56.6 Å². The zero-order valence-corrected chi connectivity index (χ0v) is 18.1. The van der Waals surface area contributed by atoms with Crippen molar-refractivity contribution in [2.75, 3.05) is 29.9 Å². The molecule has 0 saturated heterocycles. The van der Waals surface area contributed by atoms with Gasteiger partial charge in [0, 0.05) is 30.7 Å². The minimum Gasteiger partial charge on any atom is -0.351 e. The summed E-state index contributed by atoms with van der Waals surface area (Å²) in [6.07, 6.45) is 1.13. The lowest BCUT2D eigenvalue weighted by atomic mass is 10.2. The molecule has 1 amide bonds. The van der Waals surface area contributed by atoms with E-state index in [1.807, 2.05) is 12.1 Å². The predicted molar refractivity (Wildman–Crippen MR) is 115 cm³/mol. The van der Waals surface area contributed by atoms with E-state index in [1.54, 1.807) is 42.1 Å². The summed E-state index contributed by atoms with van der Waals surface area (Å²) in [5, 5.41) is 3.91. The average molecular weight is 447 g/mol. The lowest BCUT2D eigenvalue weighted by Gasteiger charge is -2.16. The van der Waals surface area contributed by atoms with Crippen LogP contribution in [0.4, 0.5) is 5.69 Å². The maximum Gasteiger partial charge on any atom is 0.251 e. The van der Waals surface area contributed by atoms with Gasteiger partial charge in [-0.05, 0) is 42.0 Å². The molecule has 0 aromatic heterocycles. The highest BCUT2D eigenvalue weighted by atomic mass is 35.5. The van der Waals surface area contributed by atoms with Gasteiger partial charge in [-0.2, -0.15) is 11.8 Å². The van der Waals surface area contributed by atoms with E-state index in [-0.39, 0.29) is 5.91 Å². The van der Waals surface area contributed by atoms with Gasteiger partial charge < -0.3 is 5.32 Å². The summed E-state index contributed by atoms with van der Waals surface area (Å²) >= 11 is 13.5. The van der Waals surface area contributed by atoms with E-state index in [0.717, 1.165) is 27.6 Å². The Bertz CT molecular complexity index is 903. The maximum absolute atomic E-state index is 12.2. The largest absolute Gasteiger partial charge is 0.351 e. The van der Waals surface area contributed by atoms with E-state index in [1.165, 1.54) is 7.05 Å². The number of benzene rings is 2. The molecular weight excluding hydrogens is 427 g/mol. The van der Waals surface area contributed by atoms with Crippen LogP contribution >= 0.6 is 35.0 Å². The van der Waals surface area contributed by atoms with Crippen molar-refractivity contribution in [3.05, 3.63) is 63.6 Å². The number of hydrogen-bond donors (Lipinski definition) is 1. The van der Waals surface area contributed by atoms with Crippen LogP contribution in [0.25, 0.3) is 0 Å². The molecule has 0 radical (unpaired) electrons. The normalized spacial score (nSPS) is 11.3. The Balaban J connectivity index is 1.77. The molecule has 146 valence electrons. The summed E-state index contributed by atoms with van der Waals surface area (Å²) in [4.78, 5) is 12.2. The summed E-state index contributed by atoms with van der Waals surface area (Å²) in [6.45, 7) is 0.524. The van der Waals surface area contributed by atoms with Crippen LogP contribution in [0.2, 0.25) is 10.0 Å². The summed E-state index contributed by atoms with van der Waals surface area (Å²) < 4.78 is 24.2. The number of amides is 1. The summed E-state index contributed by atoms with van der Waals surface area (Å²) in [7, 11) is -1.86. The van der Waals surface area contributed by atoms with Crippen LogP contribution in [0.3, 0.4) is 0 Å². The first-order chi connectivity index (χ1) is 12.7. The monoisotopic (exact) mass is 446 g/mol. The molecular formula is C18H20Cl2N2O3S2. The van der Waals surface area contributed by atoms with Crippen molar-refractivity contribution in [2.24, 2.45) is 0 Å². The fraction of sp³-hybridized carbons (Fsp3) is 0.278. The van der Waals surface area contributed by atoms with E-state index >= 15 is 0 Å². The Morgan fingerprint density at radius 2 is 1.78 bits per heavy atom. The summed E-state index contributed by atoms with van der Waals surface area (Å²) in [5.74, 6) is 1.33. The Hall–Kier alpha value is -1.41. The highest BCUT2D eigenvalue weighted by molar-refractivity contribution is 7.98. The van der Waals surface area contributed by atoms with Gasteiger partial charge in [-0.1, -0.05) is 29.3 Å². The lowest BCUT2D eigenvalue weighted by Crippen LogP contribution is -2.26. The number of nitrogens with one attached hydrogen (secondary N) is 1. The van der Waals surface area contributed by atoms with Crippen molar-refractivity contribution < 1.29 is 13.2 Å². The molecule has 0 unspecified atom stereocenters. The van der Waals surface area contributed by atoms with Gasteiger partial charge in [-0.25, -0.2) is 8.42 Å². The quantitative estimate of drug-likeness (QED) is 0.620. The second-order valence-electron chi connectivity index (χ2n) is 5.83. The van der Waals surface area contributed by atoms with E-state index in [0.29, 0.717) is 27.8 Å². The highest BCUT2D eigenvalue weighted by Crippen LogP contribution is 2.24. The highest BCUT2D eigenvalue weighted by Gasteiger charge is 2.12. The number of hydrogen-bond acceptors (Lipinski definition) is 4. The zero-order valence-electron chi connectivity index (χ0n) is 14.9. The minimum absolute atomic E-state index is 0.196. The van der Waals surface area contributed by atoms with Crippen LogP contribution in [0.5, 0.6) is 0 Å². The van der Waals surface area contributed by atoms with Crippen molar-refractivity contribution in [3.8, 4) is 0 Å². The number of halogens is 2. The molecule has 2 rings (SSSR count). The Labute approximate surface area is 174 Å². The molecule has 0 spiro atoms. The Morgan fingerprint density at radius 3 is 2.37 bits per heavy atom. The third-order valence-corrected chi connectivity index (χ3v) is 6.75. The maximum atomic E-state index is 12.2. The molecule has 1 N–H and O–H groups in total. The topological polar surface area (TPSA) is 66.5 Å². The molecule has 0 saturated carbocycles. The standard InChI is InChI=1S/C18H20Cl2N2O3S2/c1-22(27(2,24)25)15-6-4-14(5-7-15)18(23)21-9-10-26-12-13-3-8-16(19)17(20)11-13/h3-8,11H,9-10,12H2,1-2H3,(H,21,23). The first kappa shape index (κ1) is 21.9. The summed E-state index contributed by atoms with van der Waals surface area (Å²) in [5.41, 5.74) is 2.06. The van der Waals surface area contributed by atoms with Crippen molar-refractivity contribution in [1.29, 1.82) is 0 Å². The van der Waals surface area contributed by atoms with Crippen LogP contribution in [0, 0.1) is 0 Å². The van der Waals surface area contributed by atoms with Crippen LogP contribution < -0.4 is 9.62 Å². The van der Waals surface area contributed by atoms with Crippen LogP contribution in [-0.4, -0.2) is 39.9 Å². The second-order valence-corrected chi connectivity index (χ2v) is 9.77. The van der Waals surface area contributed by atoms with Gasteiger partial charge in [0.2, 0.25) is 10.0 Å². The first-order valence-electron chi connectivity index (χ1n) is 8.02. The number of thioether (sulfide) groups is 1. The van der Waals surface area contributed by atoms with E-state index < -0.39 is 10.0 Å². The molecule has 2 aromatic rings. The Kier molecular flexibility index (Phi) is 7.85. The molecule has 0 atom stereocenters. The molecule has 0 aliphatic carbocycles. The average Bonchev–Trinajstić information content (AvgIpc) is 2.63. The smallest absolute Gasteiger partial charge is 0.251 e. The third-order valence-electron chi connectivity index (χ3n) is 3.78. The number of carbonyl (C=O) groups is 1. The molecule has 0 bridgehead atoms. The van der Waals surface area contributed by atoms with Crippen molar-refractivity contribution in [3.63, 3.8) is 0 Å². The molecule has 0 aliphatic heterocycles. The van der Waals surface area contributed by atoms with Crippen LogP contribution in [0.1, 0.15) is 15.9 Å². The number of sulfonamides is 1.